The molecule has 21 heavy (non-hydrogen) atoms. The molecular formula is C15H19N3OS2. The quantitative estimate of drug-likeness (QED) is 0.640. The molecule has 1 aliphatic heterocycles. The molecule has 1 saturated heterocycles. The van der Waals surface area contributed by atoms with Crippen LogP contribution in [0.15, 0.2) is 22.8 Å². The smallest absolute Gasteiger partial charge is 0.232 e. The van der Waals surface area contributed by atoms with Gasteiger partial charge in [0.15, 0.2) is 0 Å². The van der Waals surface area contributed by atoms with Gasteiger partial charge in [0.2, 0.25) is 5.91 Å². The Morgan fingerprint density at radius 2 is 1.95 bits per heavy atom. The van der Waals surface area contributed by atoms with E-state index >= 15 is 0 Å². The molecule has 3 rings (SSSR count). The largest absolute Gasteiger partial charge is 0.342 e. The van der Waals surface area contributed by atoms with Crippen LogP contribution in [0.5, 0.6) is 0 Å². The molecule has 4 nitrogen and oxygen atoms in total. The number of likely N-dealkylation sites (tertiary alicyclic amines) is 1. The van der Waals surface area contributed by atoms with E-state index < -0.39 is 0 Å². The zero-order valence-electron chi connectivity index (χ0n) is 12.0. The lowest BCUT2D eigenvalue weighted by molar-refractivity contribution is -0.128. The molecule has 1 fully saturated rings. The average molecular weight is 321 g/mol. The second-order valence-corrected chi connectivity index (χ2v) is 7.13. The molecule has 2 aromatic rings. The third-order valence-electron chi connectivity index (χ3n) is 3.75. The Morgan fingerprint density at radius 1 is 1.19 bits per heavy atom. The zero-order chi connectivity index (χ0) is 14.5. The first kappa shape index (κ1) is 14.8. The van der Waals surface area contributed by atoms with Crippen LogP contribution in [-0.2, 0) is 4.79 Å². The van der Waals surface area contributed by atoms with Crippen molar-refractivity contribution in [2.45, 2.75) is 37.1 Å². The number of rotatable bonds is 3. The molecule has 0 saturated carbocycles. The molecular weight excluding hydrogens is 302 g/mol. The first-order chi connectivity index (χ1) is 10.3. The summed E-state index contributed by atoms with van der Waals surface area (Å²) < 4.78 is 1.09. The van der Waals surface area contributed by atoms with Gasteiger partial charge in [0.1, 0.15) is 11.4 Å². The second-order valence-electron chi connectivity index (χ2n) is 5.25. The normalized spacial score (nSPS) is 16.7. The van der Waals surface area contributed by atoms with Gasteiger partial charge in [-0.2, -0.15) is 0 Å². The molecule has 0 radical (unpaired) electrons. The number of hydrogen-bond acceptors (Lipinski definition) is 5. The predicted molar refractivity (Wildman–Crippen MR) is 87.8 cm³/mol. The standard InChI is InChI=1S/C15H19N3OS2/c19-13(18-7-4-2-1-3-5-8-18)10-21-15-14-12(6-9-20-14)16-11-17-15/h6,9,11H,1-5,7-8,10H2. The van der Waals surface area contributed by atoms with Crippen molar-refractivity contribution in [2.75, 3.05) is 18.8 Å². The highest BCUT2D eigenvalue weighted by Crippen LogP contribution is 2.28. The van der Waals surface area contributed by atoms with Gasteiger partial charge in [-0.05, 0) is 24.3 Å². The van der Waals surface area contributed by atoms with E-state index in [1.165, 1.54) is 31.0 Å². The lowest BCUT2D eigenvalue weighted by Gasteiger charge is -2.24. The fourth-order valence-corrected chi connectivity index (χ4v) is 4.44. The number of thioether (sulfide) groups is 1. The zero-order valence-corrected chi connectivity index (χ0v) is 13.6. The number of hydrogen-bond donors (Lipinski definition) is 0. The molecule has 0 N–H and O–H groups in total. The summed E-state index contributed by atoms with van der Waals surface area (Å²) in [6.45, 7) is 1.83. The molecule has 1 aliphatic rings. The van der Waals surface area contributed by atoms with Crippen LogP contribution in [0.3, 0.4) is 0 Å². The fourth-order valence-electron chi connectivity index (χ4n) is 2.59. The average Bonchev–Trinajstić information content (AvgIpc) is 2.93. The Balaban J connectivity index is 1.61. The third-order valence-corrected chi connectivity index (χ3v) is 5.77. The summed E-state index contributed by atoms with van der Waals surface area (Å²) in [5.74, 6) is 0.717. The molecule has 0 aliphatic carbocycles. The van der Waals surface area contributed by atoms with Crippen LogP contribution in [0, 0.1) is 0 Å². The van der Waals surface area contributed by atoms with Crippen molar-refractivity contribution in [3.05, 3.63) is 17.8 Å². The van der Waals surface area contributed by atoms with Crippen LogP contribution in [0.2, 0.25) is 0 Å². The lowest BCUT2D eigenvalue weighted by atomic mass is 10.1. The number of thiophene rings is 1. The number of carbonyl (C=O) groups is 1. The van der Waals surface area contributed by atoms with Crippen LogP contribution in [0.4, 0.5) is 0 Å². The van der Waals surface area contributed by atoms with Gasteiger partial charge in [0, 0.05) is 13.1 Å². The highest BCUT2D eigenvalue weighted by Gasteiger charge is 2.16. The molecule has 0 bridgehead atoms. The summed E-state index contributed by atoms with van der Waals surface area (Å²) in [5.41, 5.74) is 0.969. The Bertz CT molecular complexity index is 606. The molecule has 2 aromatic heterocycles. The molecule has 0 unspecified atom stereocenters. The van der Waals surface area contributed by atoms with Crippen LogP contribution < -0.4 is 0 Å². The van der Waals surface area contributed by atoms with Gasteiger partial charge in [0.25, 0.3) is 0 Å². The summed E-state index contributed by atoms with van der Waals surface area (Å²) in [6, 6.07) is 1.99. The van der Waals surface area contributed by atoms with Gasteiger partial charge in [0.05, 0.1) is 16.0 Å². The number of nitrogens with zero attached hydrogens (tertiary/aromatic N) is 3. The maximum Gasteiger partial charge on any atom is 0.232 e. The van der Waals surface area contributed by atoms with E-state index in [1.54, 1.807) is 17.7 Å². The Kier molecular flexibility index (Phi) is 5.08. The minimum absolute atomic E-state index is 0.241. The molecule has 0 atom stereocenters. The Morgan fingerprint density at radius 3 is 2.76 bits per heavy atom. The molecule has 6 heteroatoms. The van der Waals surface area contributed by atoms with Crippen molar-refractivity contribution in [2.24, 2.45) is 0 Å². The first-order valence-electron chi connectivity index (χ1n) is 7.43. The van der Waals surface area contributed by atoms with E-state index in [9.17, 15) is 4.79 Å². The maximum absolute atomic E-state index is 12.4. The van der Waals surface area contributed by atoms with Crippen molar-refractivity contribution in [1.82, 2.24) is 14.9 Å². The van der Waals surface area contributed by atoms with E-state index in [0.717, 1.165) is 41.2 Å². The molecule has 3 heterocycles. The topological polar surface area (TPSA) is 46.1 Å². The Labute approximate surface area is 133 Å². The molecule has 112 valence electrons. The van der Waals surface area contributed by atoms with Crippen LogP contribution >= 0.6 is 23.1 Å². The number of carbonyl (C=O) groups excluding carboxylic acids is 1. The van der Waals surface area contributed by atoms with Crippen molar-refractivity contribution in [1.29, 1.82) is 0 Å². The van der Waals surface area contributed by atoms with Gasteiger partial charge in [-0.3, -0.25) is 4.79 Å². The number of amides is 1. The van der Waals surface area contributed by atoms with Crippen molar-refractivity contribution >= 4 is 39.2 Å². The summed E-state index contributed by atoms with van der Waals surface area (Å²) in [7, 11) is 0. The highest BCUT2D eigenvalue weighted by atomic mass is 32.2. The van der Waals surface area contributed by atoms with E-state index in [2.05, 4.69) is 9.97 Å². The van der Waals surface area contributed by atoms with Crippen molar-refractivity contribution in [3.63, 3.8) is 0 Å². The summed E-state index contributed by atoms with van der Waals surface area (Å²) >= 11 is 3.17. The first-order valence-corrected chi connectivity index (χ1v) is 9.30. The summed E-state index contributed by atoms with van der Waals surface area (Å²) in [6.07, 6.45) is 7.67. The van der Waals surface area contributed by atoms with Crippen molar-refractivity contribution in [3.8, 4) is 0 Å². The highest BCUT2D eigenvalue weighted by molar-refractivity contribution is 8.00. The maximum atomic E-state index is 12.4. The molecule has 0 spiro atoms. The van der Waals surface area contributed by atoms with Crippen LogP contribution in [-0.4, -0.2) is 39.6 Å². The van der Waals surface area contributed by atoms with Gasteiger partial charge < -0.3 is 4.90 Å². The fraction of sp³-hybridized carbons (Fsp3) is 0.533. The van der Waals surface area contributed by atoms with E-state index in [4.69, 9.17) is 0 Å². The Hall–Kier alpha value is -1.14. The predicted octanol–water partition coefficient (Wildman–Crippen LogP) is 3.58. The van der Waals surface area contributed by atoms with Gasteiger partial charge >= 0.3 is 0 Å². The van der Waals surface area contributed by atoms with Crippen molar-refractivity contribution < 1.29 is 4.79 Å². The molecule has 0 aromatic carbocycles. The lowest BCUT2D eigenvalue weighted by Crippen LogP contribution is -2.35. The second kappa shape index (κ2) is 7.22. The van der Waals surface area contributed by atoms with Crippen LogP contribution in [0.1, 0.15) is 32.1 Å². The van der Waals surface area contributed by atoms with E-state index in [0.29, 0.717) is 5.75 Å². The van der Waals surface area contributed by atoms with Gasteiger partial charge in [-0.25, -0.2) is 9.97 Å². The minimum Gasteiger partial charge on any atom is -0.342 e. The third kappa shape index (κ3) is 3.74. The molecule has 1 amide bonds. The minimum atomic E-state index is 0.241. The monoisotopic (exact) mass is 321 g/mol. The number of fused-ring (bicyclic) bond motifs is 1. The summed E-state index contributed by atoms with van der Waals surface area (Å²) in [4.78, 5) is 23.0. The van der Waals surface area contributed by atoms with Gasteiger partial charge in [-0.1, -0.05) is 31.0 Å². The van der Waals surface area contributed by atoms with E-state index in [1.807, 2.05) is 16.3 Å². The van der Waals surface area contributed by atoms with E-state index in [-0.39, 0.29) is 5.91 Å². The van der Waals surface area contributed by atoms with Gasteiger partial charge in [-0.15, -0.1) is 11.3 Å². The SMILES string of the molecule is O=C(CSc1ncnc2ccsc12)N1CCCCCCC1. The number of aromatic nitrogens is 2. The van der Waals surface area contributed by atoms with Crippen LogP contribution in [0.25, 0.3) is 10.2 Å². The summed E-state index contributed by atoms with van der Waals surface area (Å²) in [5, 5.41) is 2.94.